The van der Waals surface area contributed by atoms with Crippen molar-refractivity contribution in [3.05, 3.63) is 35.4 Å². The molecule has 1 N–H and O–H groups in total. The van der Waals surface area contributed by atoms with E-state index in [9.17, 15) is 9.90 Å². The van der Waals surface area contributed by atoms with Crippen molar-refractivity contribution < 1.29 is 14.6 Å². The number of nitrogens with zero attached hydrogens (tertiary/aromatic N) is 1. The molecular weight excluding hydrogens is 266 g/mol. The van der Waals surface area contributed by atoms with E-state index in [1.165, 1.54) is 0 Å². The van der Waals surface area contributed by atoms with Crippen molar-refractivity contribution >= 4 is 12.0 Å². The number of aliphatic hydroxyl groups is 1. The standard InChI is InChI=1S/C17H23NO3/c1-13-5-7-15(21-3)14(11-13)6-8-16(19)18-10-4-9-17(2,20)12-18/h5-8,11,20H,4,9-10,12H2,1-3H3/b8-6+. The zero-order chi connectivity index (χ0) is 15.5. The fraction of sp³-hybridized carbons (Fsp3) is 0.471. The molecule has 1 saturated heterocycles. The number of hydrogen-bond donors (Lipinski definition) is 1. The summed E-state index contributed by atoms with van der Waals surface area (Å²) in [6.07, 6.45) is 4.91. The molecule has 2 rings (SSSR count). The third-order valence-electron chi connectivity index (χ3n) is 3.78. The van der Waals surface area contributed by atoms with Crippen molar-refractivity contribution in [3.63, 3.8) is 0 Å². The molecular formula is C17H23NO3. The van der Waals surface area contributed by atoms with Gasteiger partial charge in [-0.1, -0.05) is 11.6 Å². The van der Waals surface area contributed by atoms with Crippen LogP contribution in [0.15, 0.2) is 24.3 Å². The number of aryl methyl sites for hydroxylation is 1. The number of benzene rings is 1. The van der Waals surface area contributed by atoms with Crippen molar-refractivity contribution in [2.45, 2.75) is 32.3 Å². The van der Waals surface area contributed by atoms with Crippen molar-refractivity contribution in [1.29, 1.82) is 0 Å². The molecule has 1 heterocycles. The number of piperidine rings is 1. The third-order valence-corrected chi connectivity index (χ3v) is 3.78. The van der Waals surface area contributed by atoms with Gasteiger partial charge in [0, 0.05) is 24.7 Å². The first kappa shape index (κ1) is 15.6. The molecule has 4 heteroatoms. The topological polar surface area (TPSA) is 49.8 Å². The summed E-state index contributed by atoms with van der Waals surface area (Å²) in [6, 6.07) is 5.85. The predicted molar refractivity (Wildman–Crippen MR) is 83.2 cm³/mol. The van der Waals surface area contributed by atoms with Gasteiger partial charge in [-0.15, -0.1) is 0 Å². The van der Waals surface area contributed by atoms with E-state index in [2.05, 4.69) is 0 Å². The zero-order valence-corrected chi connectivity index (χ0v) is 12.9. The molecule has 1 fully saturated rings. The molecule has 0 aliphatic carbocycles. The van der Waals surface area contributed by atoms with Crippen LogP contribution in [-0.2, 0) is 4.79 Å². The molecule has 0 saturated carbocycles. The highest BCUT2D eigenvalue weighted by atomic mass is 16.5. The zero-order valence-electron chi connectivity index (χ0n) is 12.9. The van der Waals surface area contributed by atoms with Crippen LogP contribution in [0, 0.1) is 6.92 Å². The van der Waals surface area contributed by atoms with E-state index < -0.39 is 5.60 Å². The minimum atomic E-state index is -0.775. The van der Waals surface area contributed by atoms with Crippen LogP contribution in [0.2, 0.25) is 0 Å². The highest BCUT2D eigenvalue weighted by molar-refractivity contribution is 5.92. The number of likely N-dealkylation sites (tertiary alicyclic amines) is 1. The predicted octanol–water partition coefficient (Wildman–Crippen LogP) is 2.39. The number of hydrogen-bond acceptors (Lipinski definition) is 3. The van der Waals surface area contributed by atoms with Crippen LogP contribution >= 0.6 is 0 Å². The molecule has 1 amide bonds. The molecule has 0 aromatic heterocycles. The molecule has 1 aromatic carbocycles. The van der Waals surface area contributed by atoms with E-state index >= 15 is 0 Å². The molecule has 1 aromatic rings. The minimum Gasteiger partial charge on any atom is -0.496 e. The fourth-order valence-corrected chi connectivity index (χ4v) is 2.66. The molecule has 1 aliphatic heterocycles. The number of carbonyl (C=O) groups excluding carboxylic acids is 1. The normalized spacial score (nSPS) is 22.6. The molecule has 1 atom stereocenters. The summed E-state index contributed by atoms with van der Waals surface area (Å²) >= 11 is 0. The fourth-order valence-electron chi connectivity index (χ4n) is 2.66. The second-order valence-electron chi connectivity index (χ2n) is 5.94. The maximum Gasteiger partial charge on any atom is 0.246 e. The summed E-state index contributed by atoms with van der Waals surface area (Å²) in [7, 11) is 1.62. The van der Waals surface area contributed by atoms with E-state index in [0.29, 0.717) is 13.1 Å². The average molecular weight is 289 g/mol. The van der Waals surface area contributed by atoms with Gasteiger partial charge in [-0.05, 0) is 44.9 Å². The van der Waals surface area contributed by atoms with Gasteiger partial charge in [-0.2, -0.15) is 0 Å². The summed E-state index contributed by atoms with van der Waals surface area (Å²) in [5, 5.41) is 10.1. The summed E-state index contributed by atoms with van der Waals surface area (Å²) < 4.78 is 5.30. The number of β-amino-alcohol motifs (C(OH)–C–C–N with tert-alkyl or cyclic N) is 1. The molecule has 4 nitrogen and oxygen atoms in total. The van der Waals surface area contributed by atoms with Gasteiger partial charge in [-0.3, -0.25) is 4.79 Å². The van der Waals surface area contributed by atoms with Gasteiger partial charge in [0.1, 0.15) is 5.75 Å². The lowest BCUT2D eigenvalue weighted by Crippen LogP contribution is -2.48. The Bertz CT molecular complexity index is 549. The number of rotatable bonds is 3. The van der Waals surface area contributed by atoms with Crippen LogP contribution in [0.25, 0.3) is 6.08 Å². The summed E-state index contributed by atoms with van der Waals surface area (Å²) in [6.45, 7) is 4.87. The molecule has 114 valence electrons. The Kier molecular flexibility index (Phi) is 4.68. The Labute approximate surface area is 126 Å². The lowest BCUT2D eigenvalue weighted by atomic mass is 9.95. The average Bonchev–Trinajstić information content (AvgIpc) is 2.43. The van der Waals surface area contributed by atoms with Gasteiger partial charge in [0.25, 0.3) is 0 Å². The first-order valence-corrected chi connectivity index (χ1v) is 7.25. The lowest BCUT2D eigenvalue weighted by molar-refractivity contribution is -0.132. The summed E-state index contributed by atoms with van der Waals surface area (Å²) in [5.74, 6) is 0.675. The summed E-state index contributed by atoms with van der Waals surface area (Å²) in [5.41, 5.74) is 1.22. The Morgan fingerprint density at radius 1 is 1.48 bits per heavy atom. The molecule has 0 bridgehead atoms. The van der Waals surface area contributed by atoms with Crippen LogP contribution in [0.3, 0.4) is 0 Å². The quantitative estimate of drug-likeness (QED) is 0.869. The lowest BCUT2D eigenvalue weighted by Gasteiger charge is -2.36. The van der Waals surface area contributed by atoms with Crippen LogP contribution in [-0.4, -0.2) is 41.7 Å². The summed E-state index contributed by atoms with van der Waals surface area (Å²) in [4.78, 5) is 13.9. The molecule has 1 aliphatic rings. The Balaban J connectivity index is 2.10. The van der Waals surface area contributed by atoms with Gasteiger partial charge in [0.05, 0.1) is 12.7 Å². The van der Waals surface area contributed by atoms with E-state index in [0.717, 1.165) is 29.7 Å². The van der Waals surface area contributed by atoms with Gasteiger partial charge >= 0.3 is 0 Å². The SMILES string of the molecule is COc1ccc(C)cc1/C=C/C(=O)N1CCCC(C)(O)C1. The van der Waals surface area contributed by atoms with Crippen molar-refractivity contribution in [2.75, 3.05) is 20.2 Å². The second-order valence-corrected chi connectivity index (χ2v) is 5.94. The second kappa shape index (κ2) is 6.31. The highest BCUT2D eigenvalue weighted by Gasteiger charge is 2.29. The first-order chi connectivity index (χ1) is 9.91. The maximum atomic E-state index is 12.2. The van der Waals surface area contributed by atoms with Gasteiger partial charge in [-0.25, -0.2) is 0 Å². The Morgan fingerprint density at radius 2 is 2.24 bits per heavy atom. The van der Waals surface area contributed by atoms with Crippen molar-refractivity contribution in [1.82, 2.24) is 4.90 Å². The van der Waals surface area contributed by atoms with Gasteiger partial charge in [0.15, 0.2) is 0 Å². The Morgan fingerprint density at radius 3 is 2.90 bits per heavy atom. The molecule has 0 radical (unpaired) electrons. The van der Waals surface area contributed by atoms with E-state index in [1.807, 2.05) is 25.1 Å². The van der Waals surface area contributed by atoms with Crippen LogP contribution < -0.4 is 4.74 Å². The van der Waals surface area contributed by atoms with Crippen LogP contribution in [0.4, 0.5) is 0 Å². The number of methoxy groups -OCH3 is 1. The van der Waals surface area contributed by atoms with E-state index in [1.54, 1.807) is 31.1 Å². The third kappa shape index (κ3) is 4.08. The van der Waals surface area contributed by atoms with Crippen LogP contribution in [0.5, 0.6) is 5.75 Å². The number of ether oxygens (including phenoxy) is 1. The smallest absolute Gasteiger partial charge is 0.246 e. The molecule has 21 heavy (non-hydrogen) atoms. The first-order valence-electron chi connectivity index (χ1n) is 7.25. The van der Waals surface area contributed by atoms with E-state index in [-0.39, 0.29) is 5.91 Å². The van der Waals surface area contributed by atoms with Crippen molar-refractivity contribution in [2.24, 2.45) is 0 Å². The monoisotopic (exact) mass is 289 g/mol. The van der Waals surface area contributed by atoms with Gasteiger partial charge < -0.3 is 14.7 Å². The number of carbonyl (C=O) groups is 1. The van der Waals surface area contributed by atoms with E-state index in [4.69, 9.17) is 4.74 Å². The minimum absolute atomic E-state index is 0.0708. The van der Waals surface area contributed by atoms with Gasteiger partial charge in [0.2, 0.25) is 5.91 Å². The highest BCUT2D eigenvalue weighted by Crippen LogP contribution is 2.23. The number of amides is 1. The molecule has 0 spiro atoms. The maximum absolute atomic E-state index is 12.2. The largest absolute Gasteiger partial charge is 0.496 e. The van der Waals surface area contributed by atoms with Crippen LogP contribution in [0.1, 0.15) is 30.9 Å². The molecule has 1 unspecified atom stereocenters. The van der Waals surface area contributed by atoms with Crippen molar-refractivity contribution in [3.8, 4) is 5.75 Å². The Hall–Kier alpha value is -1.81.